The third-order valence-corrected chi connectivity index (χ3v) is 5.25. The Labute approximate surface area is 220 Å². The molecule has 0 aromatic heterocycles. The lowest BCUT2D eigenvalue weighted by Gasteiger charge is -2.09. The first-order valence-electron chi connectivity index (χ1n) is 11.8. The van der Waals surface area contributed by atoms with Crippen molar-refractivity contribution < 1.29 is 38.4 Å². The van der Waals surface area contributed by atoms with Gasteiger partial charge in [0, 0.05) is 6.08 Å². The van der Waals surface area contributed by atoms with Crippen LogP contribution in [0.2, 0.25) is 0 Å². The van der Waals surface area contributed by atoms with Crippen LogP contribution in [0.5, 0.6) is 17.2 Å². The van der Waals surface area contributed by atoms with Crippen molar-refractivity contribution >= 4 is 17.9 Å². The molecule has 0 saturated heterocycles. The zero-order valence-electron chi connectivity index (χ0n) is 20.8. The zero-order chi connectivity index (χ0) is 27.3. The first kappa shape index (κ1) is 27.9. The number of benzene rings is 3. The van der Waals surface area contributed by atoms with Crippen molar-refractivity contribution in [3.05, 3.63) is 103 Å². The third kappa shape index (κ3) is 8.46. The summed E-state index contributed by atoms with van der Waals surface area (Å²) in [6, 6.07) is 20.6. The number of hydrogen-bond donors (Lipinski definition) is 1. The van der Waals surface area contributed by atoms with E-state index in [1.807, 2.05) is 36.4 Å². The summed E-state index contributed by atoms with van der Waals surface area (Å²) in [6.07, 6.45) is 2.60. The molecule has 0 bridgehead atoms. The van der Waals surface area contributed by atoms with E-state index in [1.165, 1.54) is 24.3 Å². The summed E-state index contributed by atoms with van der Waals surface area (Å²) < 4.78 is 21.1. The van der Waals surface area contributed by atoms with Crippen molar-refractivity contribution in [2.75, 3.05) is 19.8 Å². The van der Waals surface area contributed by atoms with E-state index in [4.69, 9.17) is 24.1 Å². The number of esters is 3. The molecule has 0 radical (unpaired) electrons. The normalized spacial score (nSPS) is 10.2. The molecular formula is C30H28O8. The van der Waals surface area contributed by atoms with Gasteiger partial charge in [0.2, 0.25) is 0 Å². The number of unbranched alkanes of at least 4 members (excludes halogenated alkanes) is 1. The summed E-state index contributed by atoms with van der Waals surface area (Å²) in [5.74, 6) is -0.393. The van der Waals surface area contributed by atoms with E-state index >= 15 is 0 Å². The minimum Gasteiger partial charge on any atom is -0.494 e. The van der Waals surface area contributed by atoms with Crippen LogP contribution >= 0.6 is 0 Å². The molecule has 0 heterocycles. The van der Waals surface area contributed by atoms with Gasteiger partial charge >= 0.3 is 17.9 Å². The Morgan fingerprint density at radius 2 is 1.26 bits per heavy atom. The predicted octanol–water partition coefficient (Wildman–Crippen LogP) is 4.91. The third-order valence-electron chi connectivity index (χ3n) is 5.25. The maximum absolute atomic E-state index is 12.5. The SMILES string of the molecule is C=CC(=O)OCCCCOc1ccc(-c2ccc(OC(=O)c3ccc(OC(=O)C(=C)CO)cc3)cc2)cc1. The molecule has 0 saturated carbocycles. The Bertz CT molecular complexity index is 1260. The van der Waals surface area contributed by atoms with Crippen LogP contribution in [0.4, 0.5) is 0 Å². The van der Waals surface area contributed by atoms with E-state index in [0.717, 1.165) is 29.4 Å². The van der Waals surface area contributed by atoms with E-state index in [2.05, 4.69) is 13.2 Å². The highest BCUT2D eigenvalue weighted by Crippen LogP contribution is 2.25. The maximum Gasteiger partial charge on any atom is 0.343 e. The number of carbonyl (C=O) groups excluding carboxylic acids is 3. The lowest BCUT2D eigenvalue weighted by Crippen LogP contribution is -2.13. The number of rotatable bonds is 13. The quantitative estimate of drug-likeness (QED) is 0.148. The standard InChI is InChI=1S/C30H28O8/c1-3-28(32)36-19-5-4-18-35-25-12-6-22(7-13-25)23-8-14-27(15-9-23)38-30(34)24-10-16-26(17-11-24)37-29(33)21(2)20-31/h3,6-17,31H,1-2,4-5,18-20H2. The van der Waals surface area contributed by atoms with Crippen molar-refractivity contribution in [3.63, 3.8) is 0 Å². The van der Waals surface area contributed by atoms with Crippen LogP contribution in [0.3, 0.4) is 0 Å². The molecule has 3 aromatic rings. The fourth-order valence-electron chi connectivity index (χ4n) is 3.15. The molecule has 38 heavy (non-hydrogen) atoms. The lowest BCUT2D eigenvalue weighted by molar-refractivity contribution is -0.138. The second kappa shape index (κ2) is 14.2. The van der Waals surface area contributed by atoms with Gasteiger partial charge in [0.15, 0.2) is 0 Å². The molecule has 3 rings (SSSR count). The van der Waals surface area contributed by atoms with Crippen molar-refractivity contribution in [2.45, 2.75) is 12.8 Å². The molecule has 196 valence electrons. The summed E-state index contributed by atoms with van der Waals surface area (Å²) in [5.41, 5.74) is 2.12. The molecule has 8 heteroatoms. The summed E-state index contributed by atoms with van der Waals surface area (Å²) in [4.78, 5) is 35.1. The van der Waals surface area contributed by atoms with Crippen molar-refractivity contribution in [1.82, 2.24) is 0 Å². The second-order valence-corrected chi connectivity index (χ2v) is 8.04. The monoisotopic (exact) mass is 516 g/mol. The Morgan fingerprint density at radius 1 is 0.737 bits per heavy atom. The van der Waals surface area contributed by atoms with Crippen LogP contribution in [0.15, 0.2) is 97.6 Å². The number of aliphatic hydroxyl groups is 1. The van der Waals surface area contributed by atoms with E-state index in [0.29, 0.717) is 25.4 Å². The second-order valence-electron chi connectivity index (χ2n) is 8.04. The molecule has 0 aliphatic heterocycles. The van der Waals surface area contributed by atoms with Gasteiger partial charge in [-0.3, -0.25) is 0 Å². The van der Waals surface area contributed by atoms with Gasteiger partial charge in [0.1, 0.15) is 17.2 Å². The van der Waals surface area contributed by atoms with Gasteiger partial charge in [-0.1, -0.05) is 37.4 Å². The van der Waals surface area contributed by atoms with Gasteiger partial charge in [0.05, 0.1) is 31.0 Å². The van der Waals surface area contributed by atoms with Gasteiger partial charge in [-0.2, -0.15) is 0 Å². The van der Waals surface area contributed by atoms with Crippen LogP contribution < -0.4 is 14.2 Å². The topological polar surface area (TPSA) is 108 Å². The van der Waals surface area contributed by atoms with Crippen LogP contribution in [0.25, 0.3) is 11.1 Å². The first-order valence-corrected chi connectivity index (χ1v) is 11.8. The van der Waals surface area contributed by atoms with Crippen LogP contribution in [-0.4, -0.2) is 42.8 Å². The molecular weight excluding hydrogens is 488 g/mol. The smallest absolute Gasteiger partial charge is 0.343 e. The number of aliphatic hydroxyl groups excluding tert-OH is 1. The molecule has 0 atom stereocenters. The average Bonchev–Trinajstić information content (AvgIpc) is 2.95. The van der Waals surface area contributed by atoms with Crippen molar-refractivity contribution in [2.24, 2.45) is 0 Å². The summed E-state index contributed by atoms with van der Waals surface area (Å²) in [5, 5.41) is 8.92. The number of carbonyl (C=O) groups is 3. The average molecular weight is 517 g/mol. The molecule has 3 aromatic carbocycles. The first-order chi connectivity index (χ1) is 18.4. The molecule has 0 aliphatic rings. The summed E-state index contributed by atoms with van der Waals surface area (Å²) >= 11 is 0. The van der Waals surface area contributed by atoms with Gasteiger partial charge in [-0.25, -0.2) is 14.4 Å². The number of ether oxygens (including phenoxy) is 4. The highest BCUT2D eigenvalue weighted by molar-refractivity contribution is 5.92. The van der Waals surface area contributed by atoms with Crippen LogP contribution in [-0.2, 0) is 14.3 Å². The minimum absolute atomic E-state index is 0.0707. The highest BCUT2D eigenvalue weighted by Gasteiger charge is 2.12. The molecule has 0 unspecified atom stereocenters. The molecule has 1 N–H and O–H groups in total. The van der Waals surface area contributed by atoms with Gasteiger partial charge in [-0.05, 0) is 72.5 Å². The predicted molar refractivity (Wildman–Crippen MR) is 141 cm³/mol. The van der Waals surface area contributed by atoms with Crippen LogP contribution in [0, 0.1) is 0 Å². The fraction of sp³-hybridized carbons (Fsp3) is 0.167. The largest absolute Gasteiger partial charge is 0.494 e. The maximum atomic E-state index is 12.5. The minimum atomic E-state index is -0.745. The van der Waals surface area contributed by atoms with E-state index in [9.17, 15) is 14.4 Å². The molecule has 8 nitrogen and oxygen atoms in total. The van der Waals surface area contributed by atoms with Gasteiger partial charge in [0.25, 0.3) is 0 Å². The van der Waals surface area contributed by atoms with Crippen LogP contribution in [0.1, 0.15) is 23.2 Å². The number of hydrogen-bond acceptors (Lipinski definition) is 8. The van der Waals surface area contributed by atoms with E-state index in [1.54, 1.807) is 12.1 Å². The highest BCUT2D eigenvalue weighted by atomic mass is 16.5. The Morgan fingerprint density at radius 3 is 1.84 bits per heavy atom. The Hall–Kier alpha value is -4.69. The van der Waals surface area contributed by atoms with Crippen molar-refractivity contribution in [1.29, 1.82) is 0 Å². The molecule has 0 spiro atoms. The lowest BCUT2D eigenvalue weighted by atomic mass is 10.1. The summed E-state index contributed by atoms with van der Waals surface area (Å²) in [7, 11) is 0. The molecule has 0 aliphatic carbocycles. The molecule has 0 amide bonds. The zero-order valence-corrected chi connectivity index (χ0v) is 20.8. The van der Waals surface area contributed by atoms with E-state index < -0.39 is 24.5 Å². The molecule has 0 fully saturated rings. The Kier molecular flexibility index (Phi) is 10.4. The van der Waals surface area contributed by atoms with Gasteiger partial charge in [-0.15, -0.1) is 0 Å². The fourth-order valence-corrected chi connectivity index (χ4v) is 3.15. The Balaban J connectivity index is 1.47. The summed E-state index contributed by atoms with van der Waals surface area (Å²) in [6.45, 7) is 7.10. The van der Waals surface area contributed by atoms with E-state index in [-0.39, 0.29) is 16.9 Å². The van der Waals surface area contributed by atoms with Gasteiger partial charge < -0.3 is 24.1 Å². The van der Waals surface area contributed by atoms with Crippen molar-refractivity contribution in [3.8, 4) is 28.4 Å².